The van der Waals surface area contributed by atoms with Crippen molar-refractivity contribution in [2.24, 2.45) is 5.41 Å². The number of carbonyl (C=O) groups excluding carboxylic acids is 1. The summed E-state index contributed by atoms with van der Waals surface area (Å²) in [6.45, 7) is 4.37. The maximum atomic E-state index is 11.6. The highest BCUT2D eigenvalue weighted by Crippen LogP contribution is 2.12. The summed E-state index contributed by atoms with van der Waals surface area (Å²) in [6.07, 6.45) is 0. The van der Waals surface area contributed by atoms with Gasteiger partial charge in [0.05, 0.1) is 18.6 Å². The largest absolute Gasteiger partial charge is 0.468 e. The third-order valence-corrected chi connectivity index (χ3v) is 3.69. The fraction of sp³-hybridized carbons (Fsp3) is 0.778. The van der Waals surface area contributed by atoms with Crippen LogP contribution in [0.2, 0.25) is 0 Å². The molecule has 6 nitrogen and oxygen atoms in total. The average molecular weight is 248 g/mol. The van der Waals surface area contributed by atoms with Gasteiger partial charge in [-0.05, 0) is 20.8 Å². The molecule has 0 bridgehead atoms. The topological polar surface area (TPSA) is 96.3 Å². The van der Waals surface area contributed by atoms with Crippen LogP contribution in [0.1, 0.15) is 20.8 Å². The number of nitriles is 1. The van der Waals surface area contributed by atoms with E-state index >= 15 is 0 Å². The molecular formula is C9H16N2O4S. The minimum absolute atomic E-state index is 0.0484. The van der Waals surface area contributed by atoms with E-state index in [-0.39, 0.29) is 6.54 Å². The Morgan fingerprint density at radius 3 is 2.44 bits per heavy atom. The summed E-state index contributed by atoms with van der Waals surface area (Å²) in [5.41, 5.74) is -0.817. The van der Waals surface area contributed by atoms with E-state index in [0.29, 0.717) is 0 Å². The fourth-order valence-electron chi connectivity index (χ4n) is 0.738. The van der Waals surface area contributed by atoms with Crippen LogP contribution >= 0.6 is 0 Å². The average Bonchev–Trinajstić information content (AvgIpc) is 2.24. The minimum atomic E-state index is -3.79. The molecular weight excluding hydrogens is 232 g/mol. The lowest BCUT2D eigenvalue weighted by molar-refractivity contribution is -0.139. The Kier molecular flexibility index (Phi) is 4.90. The van der Waals surface area contributed by atoms with E-state index in [9.17, 15) is 13.2 Å². The van der Waals surface area contributed by atoms with Gasteiger partial charge in [-0.25, -0.2) is 13.1 Å². The van der Waals surface area contributed by atoms with Crippen molar-refractivity contribution in [1.82, 2.24) is 4.72 Å². The Bertz CT molecular complexity index is 394. The van der Waals surface area contributed by atoms with Gasteiger partial charge >= 0.3 is 5.97 Å². The van der Waals surface area contributed by atoms with Gasteiger partial charge in [0.25, 0.3) is 0 Å². The van der Waals surface area contributed by atoms with Crippen LogP contribution in [0.15, 0.2) is 0 Å². The van der Waals surface area contributed by atoms with Gasteiger partial charge in [-0.2, -0.15) is 5.26 Å². The molecule has 0 amide bonds. The Hall–Kier alpha value is -1.13. The molecule has 7 heteroatoms. The molecule has 0 saturated heterocycles. The smallest absolute Gasteiger partial charge is 0.325 e. The van der Waals surface area contributed by atoms with Crippen LogP contribution in [0.3, 0.4) is 0 Å². The second-order valence-corrected chi connectivity index (χ2v) is 6.11. The van der Waals surface area contributed by atoms with Crippen LogP contribution in [0.25, 0.3) is 0 Å². The number of hydrogen-bond donors (Lipinski definition) is 1. The van der Waals surface area contributed by atoms with Crippen LogP contribution in [0, 0.1) is 16.7 Å². The third-order valence-electron chi connectivity index (χ3n) is 2.02. The molecule has 92 valence electrons. The monoisotopic (exact) mass is 248 g/mol. The van der Waals surface area contributed by atoms with E-state index < -0.39 is 26.7 Å². The van der Waals surface area contributed by atoms with E-state index in [1.807, 2.05) is 6.07 Å². The molecule has 0 saturated carbocycles. The number of rotatable bonds is 5. The van der Waals surface area contributed by atoms with Gasteiger partial charge in [0.1, 0.15) is 0 Å². The molecule has 0 aliphatic heterocycles. The summed E-state index contributed by atoms with van der Waals surface area (Å²) >= 11 is 0. The molecule has 0 aromatic heterocycles. The van der Waals surface area contributed by atoms with Gasteiger partial charge in [0.2, 0.25) is 10.0 Å². The second-order valence-electron chi connectivity index (χ2n) is 4.03. The number of esters is 1. The van der Waals surface area contributed by atoms with Crippen molar-refractivity contribution in [1.29, 1.82) is 5.26 Å². The lowest BCUT2D eigenvalue weighted by Gasteiger charge is -2.18. The second kappa shape index (κ2) is 5.27. The summed E-state index contributed by atoms with van der Waals surface area (Å²) in [6, 6.07) is 1.95. The highest BCUT2D eigenvalue weighted by Gasteiger charge is 2.30. The van der Waals surface area contributed by atoms with Gasteiger partial charge in [-0.15, -0.1) is 0 Å². The van der Waals surface area contributed by atoms with Crippen molar-refractivity contribution in [3.8, 4) is 6.07 Å². The molecule has 0 radical (unpaired) electrons. The maximum absolute atomic E-state index is 11.6. The number of ether oxygens (including phenoxy) is 1. The Balaban J connectivity index is 4.62. The fourth-order valence-corrected chi connectivity index (χ4v) is 1.90. The highest BCUT2D eigenvalue weighted by atomic mass is 32.2. The van der Waals surface area contributed by atoms with Gasteiger partial charge < -0.3 is 4.74 Å². The molecule has 0 spiro atoms. The predicted molar refractivity (Wildman–Crippen MR) is 57.8 cm³/mol. The number of nitrogens with zero attached hydrogens (tertiary/aromatic N) is 1. The zero-order valence-corrected chi connectivity index (χ0v) is 10.6. The van der Waals surface area contributed by atoms with Crippen molar-refractivity contribution in [2.75, 3.05) is 13.7 Å². The molecule has 0 aromatic rings. The standard InChI is InChI=1S/C9H16N2O4S/c1-7(8(12)15-4)16(13,14)11-6-9(2,3)5-10/h7,11H,6H2,1-4H3. The van der Waals surface area contributed by atoms with Crippen LogP contribution in [-0.4, -0.2) is 33.3 Å². The molecule has 1 atom stereocenters. The molecule has 0 aromatic carbocycles. The quantitative estimate of drug-likeness (QED) is 0.692. The van der Waals surface area contributed by atoms with E-state index in [4.69, 9.17) is 5.26 Å². The molecule has 16 heavy (non-hydrogen) atoms. The zero-order chi connectivity index (χ0) is 13.0. The van der Waals surface area contributed by atoms with Gasteiger partial charge in [0.15, 0.2) is 5.25 Å². The highest BCUT2D eigenvalue weighted by molar-refractivity contribution is 7.90. The summed E-state index contributed by atoms with van der Waals surface area (Å²) in [5.74, 6) is -0.831. The first kappa shape index (κ1) is 14.9. The van der Waals surface area contributed by atoms with Gasteiger partial charge in [0, 0.05) is 6.54 Å². The normalized spacial score (nSPS) is 13.9. The van der Waals surface area contributed by atoms with E-state index in [1.165, 1.54) is 6.92 Å². The lowest BCUT2D eigenvalue weighted by Crippen LogP contribution is -2.41. The number of methoxy groups -OCH3 is 1. The lowest BCUT2D eigenvalue weighted by atomic mass is 9.97. The third kappa shape index (κ3) is 4.16. The molecule has 1 unspecified atom stereocenters. The number of sulfonamides is 1. The SMILES string of the molecule is COC(=O)C(C)S(=O)(=O)NCC(C)(C)C#N. The summed E-state index contributed by atoms with van der Waals surface area (Å²) in [4.78, 5) is 11.0. The summed E-state index contributed by atoms with van der Waals surface area (Å²) in [5, 5.41) is 7.42. The molecule has 0 aliphatic rings. The van der Waals surface area contributed by atoms with Crippen LogP contribution < -0.4 is 4.72 Å². The van der Waals surface area contributed by atoms with Crippen molar-refractivity contribution in [3.05, 3.63) is 0 Å². The van der Waals surface area contributed by atoms with Crippen molar-refractivity contribution < 1.29 is 17.9 Å². The van der Waals surface area contributed by atoms with Crippen molar-refractivity contribution in [2.45, 2.75) is 26.0 Å². The summed E-state index contributed by atoms with van der Waals surface area (Å²) in [7, 11) is -2.67. The van der Waals surface area contributed by atoms with E-state index in [2.05, 4.69) is 9.46 Å². The Morgan fingerprint density at radius 2 is 2.06 bits per heavy atom. The molecule has 0 fully saturated rings. The molecule has 0 heterocycles. The molecule has 0 rings (SSSR count). The first-order valence-corrected chi connectivity index (χ1v) is 6.18. The number of nitrogens with one attached hydrogen (secondary N) is 1. The zero-order valence-electron chi connectivity index (χ0n) is 9.77. The van der Waals surface area contributed by atoms with Crippen LogP contribution in [-0.2, 0) is 19.6 Å². The van der Waals surface area contributed by atoms with Crippen molar-refractivity contribution >= 4 is 16.0 Å². The molecule has 0 aliphatic carbocycles. The van der Waals surface area contributed by atoms with E-state index in [0.717, 1.165) is 7.11 Å². The summed E-state index contributed by atoms with van der Waals surface area (Å²) < 4.78 is 29.7. The maximum Gasteiger partial charge on any atom is 0.325 e. The van der Waals surface area contributed by atoms with E-state index in [1.54, 1.807) is 13.8 Å². The Morgan fingerprint density at radius 1 is 1.56 bits per heavy atom. The first-order valence-electron chi connectivity index (χ1n) is 4.64. The number of carbonyl (C=O) groups is 1. The predicted octanol–water partition coefficient (Wildman–Crippen LogP) is 0.0171. The first-order chi connectivity index (χ1) is 7.16. The van der Waals surface area contributed by atoms with Gasteiger partial charge in [-0.3, -0.25) is 4.79 Å². The van der Waals surface area contributed by atoms with Crippen LogP contribution in [0.4, 0.5) is 0 Å². The minimum Gasteiger partial charge on any atom is -0.468 e. The van der Waals surface area contributed by atoms with Gasteiger partial charge in [-0.1, -0.05) is 0 Å². The molecule has 1 N–H and O–H groups in total. The number of hydrogen-bond acceptors (Lipinski definition) is 5. The van der Waals surface area contributed by atoms with Crippen molar-refractivity contribution in [3.63, 3.8) is 0 Å². The Labute approximate surface area is 95.6 Å². The van der Waals surface area contributed by atoms with Crippen LogP contribution in [0.5, 0.6) is 0 Å².